The average molecular weight is 406 g/mol. The van der Waals surface area contributed by atoms with Gasteiger partial charge in [-0.05, 0) is 24.1 Å². The molecule has 1 atom stereocenters. The molecule has 146 valence electrons. The van der Waals surface area contributed by atoms with Crippen LogP contribution in [-0.2, 0) is 10.3 Å². The second kappa shape index (κ2) is 7.48. The van der Waals surface area contributed by atoms with Crippen LogP contribution in [0.4, 0.5) is 4.79 Å². The first-order valence-corrected chi connectivity index (χ1v) is 9.85. The van der Waals surface area contributed by atoms with Gasteiger partial charge in [0.25, 0.3) is 11.8 Å². The molecular formula is C21H18N4O3S. The molecule has 0 unspecified atom stereocenters. The first kappa shape index (κ1) is 18.8. The van der Waals surface area contributed by atoms with Gasteiger partial charge in [0.1, 0.15) is 5.01 Å². The van der Waals surface area contributed by atoms with Crippen LogP contribution in [0.2, 0.25) is 0 Å². The van der Waals surface area contributed by atoms with E-state index in [-0.39, 0.29) is 12.5 Å². The maximum Gasteiger partial charge on any atom is 0.322 e. The predicted octanol–water partition coefficient (Wildman–Crippen LogP) is 2.58. The Labute approximate surface area is 171 Å². The van der Waals surface area contributed by atoms with Gasteiger partial charge in [-0.1, -0.05) is 48.0 Å². The van der Waals surface area contributed by atoms with Crippen LogP contribution in [0.3, 0.4) is 0 Å². The van der Waals surface area contributed by atoms with Crippen LogP contribution in [0, 0.1) is 6.92 Å². The van der Waals surface area contributed by atoms with E-state index < -0.39 is 17.5 Å². The van der Waals surface area contributed by atoms with E-state index >= 15 is 0 Å². The molecule has 4 rings (SSSR count). The summed E-state index contributed by atoms with van der Waals surface area (Å²) >= 11 is 1.24. The molecule has 1 aliphatic heterocycles. The molecular weight excluding hydrogens is 388 g/mol. The van der Waals surface area contributed by atoms with Gasteiger partial charge in [-0.25, -0.2) is 9.78 Å². The summed E-state index contributed by atoms with van der Waals surface area (Å²) in [6, 6.07) is 14.5. The molecule has 0 bridgehead atoms. The number of carbonyl (C=O) groups is 3. The van der Waals surface area contributed by atoms with Gasteiger partial charge in [-0.2, -0.15) is 0 Å². The molecule has 1 saturated heterocycles. The number of thiazole rings is 1. The van der Waals surface area contributed by atoms with Gasteiger partial charge < -0.3 is 10.6 Å². The third-order valence-corrected chi connectivity index (χ3v) is 5.72. The lowest BCUT2D eigenvalue weighted by Gasteiger charge is -2.24. The van der Waals surface area contributed by atoms with E-state index in [0.717, 1.165) is 16.7 Å². The molecule has 1 aromatic heterocycles. The Balaban J connectivity index is 1.61. The molecule has 4 amide bonds. The van der Waals surface area contributed by atoms with Gasteiger partial charge in [0.15, 0.2) is 5.54 Å². The number of nitrogens with zero attached hydrogens (tertiary/aromatic N) is 1. The van der Waals surface area contributed by atoms with Crippen molar-refractivity contribution in [2.24, 2.45) is 0 Å². The molecule has 8 heteroatoms. The van der Waals surface area contributed by atoms with Gasteiger partial charge in [-0.15, -0.1) is 11.3 Å². The smallest absolute Gasteiger partial charge is 0.322 e. The predicted molar refractivity (Wildman–Crippen MR) is 109 cm³/mol. The van der Waals surface area contributed by atoms with Gasteiger partial charge in [0, 0.05) is 17.1 Å². The summed E-state index contributed by atoms with van der Waals surface area (Å²) < 4.78 is 0. The summed E-state index contributed by atoms with van der Waals surface area (Å²) in [5, 5.41) is 9.76. The number of rotatable bonds is 5. The lowest BCUT2D eigenvalue weighted by Crippen LogP contribution is -2.52. The highest BCUT2D eigenvalue weighted by molar-refractivity contribution is 7.09. The molecule has 2 heterocycles. The van der Waals surface area contributed by atoms with Gasteiger partial charge in [0.2, 0.25) is 0 Å². The second-order valence-corrected chi connectivity index (χ2v) is 7.64. The largest absolute Gasteiger partial charge is 0.349 e. The Morgan fingerprint density at radius 3 is 2.55 bits per heavy atom. The van der Waals surface area contributed by atoms with Crippen LogP contribution < -0.4 is 16.0 Å². The topological polar surface area (TPSA) is 100 Å². The third kappa shape index (κ3) is 3.50. The molecule has 0 radical (unpaired) electrons. The van der Waals surface area contributed by atoms with Crippen molar-refractivity contribution in [2.75, 3.05) is 6.54 Å². The monoisotopic (exact) mass is 406 g/mol. The number of carbonyl (C=O) groups excluding carboxylic acids is 3. The molecule has 3 aromatic rings. The van der Waals surface area contributed by atoms with E-state index in [1.165, 1.54) is 11.3 Å². The lowest BCUT2D eigenvalue weighted by molar-refractivity contribution is -0.124. The van der Waals surface area contributed by atoms with E-state index in [4.69, 9.17) is 0 Å². The Morgan fingerprint density at radius 1 is 1.14 bits per heavy atom. The molecule has 29 heavy (non-hydrogen) atoms. The number of nitrogens with one attached hydrogen (secondary N) is 3. The molecule has 3 N–H and O–H groups in total. The first-order valence-electron chi connectivity index (χ1n) is 8.97. The maximum atomic E-state index is 13.0. The summed E-state index contributed by atoms with van der Waals surface area (Å²) in [5.74, 6) is -0.879. The molecule has 0 saturated carbocycles. The van der Waals surface area contributed by atoms with Crippen LogP contribution in [0.5, 0.6) is 0 Å². The highest BCUT2D eigenvalue weighted by Gasteiger charge is 2.50. The van der Waals surface area contributed by atoms with Crippen molar-refractivity contribution < 1.29 is 14.4 Å². The second-order valence-electron chi connectivity index (χ2n) is 6.75. The van der Waals surface area contributed by atoms with E-state index in [9.17, 15) is 14.4 Å². The van der Waals surface area contributed by atoms with E-state index in [0.29, 0.717) is 10.6 Å². The van der Waals surface area contributed by atoms with Gasteiger partial charge >= 0.3 is 6.03 Å². The highest BCUT2D eigenvalue weighted by atomic mass is 32.1. The summed E-state index contributed by atoms with van der Waals surface area (Å²) in [6.45, 7) is 1.89. The Hall–Kier alpha value is -3.52. The summed E-state index contributed by atoms with van der Waals surface area (Å²) in [4.78, 5) is 41.4. The lowest BCUT2D eigenvalue weighted by atomic mass is 9.97. The maximum absolute atomic E-state index is 13.0. The number of benzene rings is 2. The fraction of sp³-hybridized carbons (Fsp3) is 0.143. The summed E-state index contributed by atoms with van der Waals surface area (Å²) in [7, 11) is 0. The summed E-state index contributed by atoms with van der Waals surface area (Å²) in [6.07, 6.45) is 1.55. The van der Waals surface area contributed by atoms with E-state index in [2.05, 4.69) is 20.9 Å². The number of aryl methyl sites for hydroxylation is 1. The van der Waals surface area contributed by atoms with Crippen molar-refractivity contribution in [2.45, 2.75) is 12.5 Å². The highest BCUT2D eigenvalue weighted by Crippen LogP contribution is 2.27. The molecule has 2 aromatic carbocycles. The van der Waals surface area contributed by atoms with Crippen LogP contribution in [0.1, 0.15) is 20.9 Å². The molecule has 0 aliphatic carbocycles. The van der Waals surface area contributed by atoms with Crippen molar-refractivity contribution in [1.29, 1.82) is 0 Å². The zero-order valence-corrected chi connectivity index (χ0v) is 16.4. The van der Waals surface area contributed by atoms with E-state index in [1.54, 1.807) is 23.7 Å². The molecule has 1 aliphatic rings. The number of hydrogen-bond donors (Lipinski definition) is 3. The van der Waals surface area contributed by atoms with Crippen molar-refractivity contribution >= 4 is 29.2 Å². The van der Waals surface area contributed by atoms with Crippen LogP contribution >= 0.6 is 11.3 Å². The Morgan fingerprint density at radius 2 is 1.90 bits per heavy atom. The molecule has 1 fully saturated rings. The Bertz CT molecular complexity index is 1080. The van der Waals surface area contributed by atoms with Crippen LogP contribution in [0.15, 0.2) is 60.1 Å². The van der Waals surface area contributed by atoms with Crippen LogP contribution in [0.25, 0.3) is 11.1 Å². The molecule has 7 nitrogen and oxygen atoms in total. The molecule has 0 spiro atoms. The third-order valence-electron chi connectivity index (χ3n) is 4.79. The van der Waals surface area contributed by atoms with Crippen molar-refractivity contribution in [3.05, 3.63) is 76.2 Å². The van der Waals surface area contributed by atoms with Crippen LogP contribution in [-0.4, -0.2) is 29.4 Å². The fourth-order valence-corrected chi connectivity index (χ4v) is 4.04. The number of urea groups is 1. The van der Waals surface area contributed by atoms with Gasteiger partial charge in [0.05, 0.1) is 6.54 Å². The minimum absolute atomic E-state index is 0.112. The summed E-state index contributed by atoms with van der Waals surface area (Å²) in [5.41, 5.74) is 1.90. The van der Waals surface area contributed by atoms with Crippen molar-refractivity contribution in [3.63, 3.8) is 0 Å². The number of hydrogen-bond acceptors (Lipinski definition) is 5. The minimum Gasteiger partial charge on any atom is -0.349 e. The fourth-order valence-electron chi connectivity index (χ4n) is 3.25. The number of amides is 4. The zero-order valence-electron chi connectivity index (χ0n) is 15.6. The number of aromatic nitrogens is 1. The average Bonchev–Trinajstić information content (AvgIpc) is 3.35. The minimum atomic E-state index is -1.42. The first-order chi connectivity index (χ1) is 14.0. The normalized spacial score (nSPS) is 18.2. The van der Waals surface area contributed by atoms with Crippen molar-refractivity contribution in [3.8, 4) is 11.1 Å². The quantitative estimate of drug-likeness (QED) is 0.567. The Kier molecular flexibility index (Phi) is 4.85. The standard InChI is InChI=1S/C21H18N4O3S/c1-13-6-8-14(9-7-13)15-4-2-3-5-16(15)17(26)23-12-21(19-22-10-11-29-19)18(27)24-20(28)25-21/h2-11H,12H2,1H3,(H,23,26)(H2,24,25,27,28)/t21-/m1/s1. The zero-order chi connectivity index (χ0) is 20.4. The van der Waals surface area contributed by atoms with E-state index in [1.807, 2.05) is 43.3 Å². The van der Waals surface area contributed by atoms with Crippen molar-refractivity contribution in [1.82, 2.24) is 20.9 Å². The number of imide groups is 1. The SMILES string of the molecule is Cc1ccc(-c2ccccc2C(=O)NC[C@@]2(c3nccs3)NC(=O)NC2=O)cc1. The van der Waals surface area contributed by atoms with Gasteiger partial charge in [-0.3, -0.25) is 14.9 Å².